The third-order valence-electron chi connectivity index (χ3n) is 12.5. The van der Waals surface area contributed by atoms with E-state index in [2.05, 4.69) is 20.8 Å². The molecule has 228 valence electrons. The molecule has 41 heavy (non-hydrogen) atoms. The maximum absolute atomic E-state index is 12.5. The van der Waals surface area contributed by atoms with Crippen LogP contribution in [0.15, 0.2) is 30.3 Å². The Morgan fingerprint density at radius 3 is 2.39 bits per heavy atom. The van der Waals surface area contributed by atoms with Crippen molar-refractivity contribution in [2.24, 2.45) is 46.3 Å². The van der Waals surface area contributed by atoms with Gasteiger partial charge in [-0.05, 0) is 130 Å². The molecule has 0 aliphatic heterocycles. The molecule has 0 N–H and O–H groups in total. The van der Waals surface area contributed by atoms with Gasteiger partial charge in [0.25, 0.3) is 0 Å². The van der Waals surface area contributed by atoms with Gasteiger partial charge in [0.15, 0.2) is 0 Å². The molecule has 0 spiro atoms. The lowest BCUT2D eigenvalue weighted by atomic mass is 9.44. The van der Waals surface area contributed by atoms with Crippen molar-refractivity contribution in [3.8, 4) is 0 Å². The number of carbonyl (C=O) groups excluding carboxylic acids is 2. The van der Waals surface area contributed by atoms with Gasteiger partial charge in [-0.1, -0.05) is 51.1 Å². The number of esters is 2. The van der Waals surface area contributed by atoms with Crippen LogP contribution in [0.1, 0.15) is 103 Å². The van der Waals surface area contributed by atoms with Crippen LogP contribution >= 0.6 is 0 Å². The molecule has 4 aliphatic carbocycles. The van der Waals surface area contributed by atoms with Gasteiger partial charge in [0, 0.05) is 13.0 Å². The fourth-order valence-electron chi connectivity index (χ4n) is 10.2. The van der Waals surface area contributed by atoms with Crippen LogP contribution < -0.4 is 0 Å². The first kappa shape index (κ1) is 30.6. The fraction of sp³-hybridized carbons (Fsp3) is 0.778. The molecule has 9 atom stereocenters. The first-order valence-corrected chi connectivity index (χ1v) is 16.6. The number of hydrogen-bond acceptors (Lipinski definition) is 5. The van der Waals surface area contributed by atoms with E-state index in [4.69, 9.17) is 9.47 Å². The number of rotatable bonds is 10. The van der Waals surface area contributed by atoms with E-state index >= 15 is 0 Å². The summed E-state index contributed by atoms with van der Waals surface area (Å²) < 4.78 is 11.6. The van der Waals surface area contributed by atoms with Gasteiger partial charge in [-0.2, -0.15) is 0 Å². The van der Waals surface area contributed by atoms with Gasteiger partial charge in [0.05, 0.1) is 6.42 Å². The summed E-state index contributed by atoms with van der Waals surface area (Å²) in [6.45, 7) is 8.73. The van der Waals surface area contributed by atoms with Crippen molar-refractivity contribution < 1.29 is 19.1 Å². The van der Waals surface area contributed by atoms with Gasteiger partial charge < -0.3 is 14.4 Å². The van der Waals surface area contributed by atoms with Crippen molar-refractivity contribution in [2.45, 2.75) is 111 Å². The molecule has 1 aromatic rings. The van der Waals surface area contributed by atoms with E-state index in [0.29, 0.717) is 48.0 Å². The normalized spacial score (nSPS) is 37.0. The summed E-state index contributed by atoms with van der Waals surface area (Å²) in [5.74, 6) is 4.33. The third kappa shape index (κ3) is 6.55. The van der Waals surface area contributed by atoms with E-state index in [0.717, 1.165) is 49.1 Å². The Kier molecular flexibility index (Phi) is 9.53. The summed E-state index contributed by atoms with van der Waals surface area (Å²) in [6, 6.07) is 9.97. The zero-order valence-electron chi connectivity index (χ0n) is 26.4. The van der Waals surface area contributed by atoms with Gasteiger partial charge in [0.1, 0.15) is 12.7 Å². The molecule has 0 radical (unpaired) electrons. The molecule has 0 unspecified atom stereocenters. The first-order chi connectivity index (χ1) is 19.6. The average Bonchev–Trinajstić information content (AvgIpc) is 3.32. The minimum Gasteiger partial charge on any atom is -0.462 e. The number of benzene rings is 1. The monoisotopic (exact) mass is 565 g/mol. The Labute approximate surface area is 249 Å². The van der Waals surface area contributed by atoms with E-state index in [1.54, 1.807) is 0 Å². The number of nitrogens with zero attached hydrogens (tertiary/aromatic N) is 1. The van der Waals surface area contributed by atoms with Crippen molar-refractivity contribution in [1.29, 1.82) is 0 Å². The summed E-state index contributed by atoms with van der Waals surface area (Å²) in [5.41, 5.74) is 1.84. The summed E-state index contributed by atoms with van der Waals surface area (Å²) >= 11 is 0. The van der Waals surface area contributed by atoms with Crippen LogP contribution in [0.4, 0.5) is 0 Å². The first-order valence-electron chi connectivity index (χ1n) is 16.6. The molecule has 0 heterocycles. The fourth-order valence-corrected chi connectivity index (χ4v) is 10.2. The topological polar surface area (TPSA) is 55.8 Å². The molecule has 5 heteroatoms. The molecule has 4 saturated carbocycles. The van der Waals surface area contributed by atoms with Crippen molar-refractivity contribution in [3.05, 3.63) is 35.9 Å². The van der Waals surface area contributed by atoms with Gasteiger partial charge in [-0.25, -0.2) is 0 Å². The highest BCUT2D eigenvalue weighted by molar-refractivity contribution is 5.70. The lowest BCUT2D eigenvalue weighted by Crippen LogP contribution is -2.54. The largest absolute Gasteiger partial charge is 0.462 e. The summed E-state index contributed by atoms with van der Waals surface area (Å²) in [7, 11) is 4.01. The Morgan fingerprint density at radius 1 is 0.902 bits per heavy atom. The van der Waals surface area contributed by atoms with E-state index in [1.807, 2.05) is 49.3 Å². The molecule has 5 nitrogen and oxygen atoms in total. The number of fused-ring (bicyclic) bond motifs is 5. The summed E-state index contributed by atoms with van der Waals surface area (Å²) in [5, 5.41) is 0. The highest BCUT2D eigenvalue weighted by Gasteiger charge is 2.60. The second kappa shape index (κ2) is 12.8. The Balaban J connectivity index is 1.14. The van der Waals surface area contributed by atoms with E-state index in [-0.39, 0.29) is 18.0 Å². The standard InChI is InChI=1S/C36H55NO4/c1-25(11-16-33(38)40-24-26-9-7-6-8-10-26)30-14-15-31-29-13-12-27-23-28(41-34(39)19-22-37(4)5)17-20-35(27,2)32(29)18-21-36(30,31)3/h6-10,25,27-32H,11-24H2,1-5H3/t25-,27-,28+,29+,30-,31+,32+,35+,36-/m1/s1. The highest BCUT2D eigenvalue weighted by atomic mass is 16.5. The van der Waals surface area contributed by atoms with Crippen molar-refractivity contribution in [3.63, 3.8) is 0 Å². The van der Waals surface area contributed by atoms with Gasteiger partial charge in [0.2, 0.25) is 0 Å². The Bertz CT molecular complexity index is 1040. The zero-order valence-corrected chi connectivity index (χ0v) is 26.4. The molecule has 0 saturated heterocycles. The van der Waals surface area contributed by atoms with Crippen LogP contribution in [0.3, 0.4) is 0 Å². The average molecular weight is 566 g/mol. The molecule has 4 fully saturated rings. The van der Waals surface area contributed by atoms with Gasteiger partial charge >= 0.3 is 11.9 Å². The predicted molar refractivity (Wildman–Crippen MR) is 163 cm³/mol. The third-order valence-corrected chi connectivity index (χ3v) is 12.5. The Morgan fingerprint density at radius 2 is 1.63 bits per heavy atom. The Hall–Kier alpha value is -1.88. The lowest BCUT2D eigenvalue weighted by Gasteiger charge is -2.61. The molecule has 4 aliphatic rings. The molecule has 0 aromatic heterocycles. The van der Waals surface area contributed by atoms with Gasteiger partial charge in [-0.3, -0.25) is 9.59 Å². The quantitative estimate of drug-likeness (QED) is 0.273. The molecular formula is C36H55NO4. The van der Waals surface area contributed by atoms with Crippen molar-refractivity contribution >= 4 is 11.9 Å². The second-order valence-electron chi connectivity index (χ2n) is 15.0. The van der Waals surface area contributed by atoms with E-state index in [1.165, 1.54) is 44.9 Å². The maximum atomic E-state index is 12.5. The van der Waals surface area contributed by atoms with Crippen LogP contribution in [-0.2, 0) is 25.7 Å². The van der Waals surface area contributed by atoms with Crippen LogP contribution in [0.2, 0.25) is 0 Å². The molecular weight excluding hydrogens is 510 g/mol. The van der Waals surface area contributed by atoms with Crippen LogP contribution in [0.25, 0.3) is 0 Å². The van der Waals surface area contributed by atoms with Crippen LogP contribution in [-0.4, -0.2) is 43.6 Å². The second-order valence-corrected chi connectivity index (χ2v) is 15.0. The van der Waals surface area contributed by atoms with E-state index in [9.17, 15) is 9.59 Å². The molecule has 0 bridgehead atoms. The zero-order chi connectivity index (χ0) is 29.2. The highest BCUT2D eigenvalue weighted by Crippen LogP contribution is 2.68. The van der Waals surface area contributed by atoms with E-state index < -0.39 is 0 Å². The SMILES string of the molecule is C[C@H](CCC(=O)OCc1ccccc1)[C@H]1CC[C@H]2[C@@H]3CC[C@@H]4C[C@@H](OC(=O)CCN(C)C)CC[C@]4(C)[C@H]3CC[C@]12C. The predicted octanol–water partition coefficient (Wildman–Crippen LogP) is 7.67. The van der Waals surface area contributed by atoms with Gasteiger partial charge in [-0.15, -0.1) is 0 Å². The summed E-state index contributed by atoms with van der Waals surface area (Å²) in [6.07, 6.45) is 13.4. The molecule has 1 aromatic carbocycles. The van der Waals surface area contributed by atoms with Crippen molar-refractivity contribution in [1.82, 2.24) is 4.90 Å². The molecule has 5 rings (SSSR count). The van der Waals surface area contributed by atoms with Crippen molar-refractivity contribution in [2.75, 3.05) is 20.6 Å². The lowest BCUT2D eigenvalue weighted by molar-refractivity contribution is -0.163. The minimum absolute atomic E-state index is 0.0232. The van der Waals surface area contributed by atoms with Crippen LogP contribution in [0, 0.1) is 46.3 Å². The number of hydrogen-bond donors (Lipinski definition) is 0. The number of carbonyl (C=O) groups is 2. The smallest absolute Gasteiger partial charge is 0.307 e. The van der Waals surface area contributed by atoms with Crippen LogP contribution in [0.5, 0.6) is 0 Å². The number of ether oxygens (including phenoxy) is 2. The summed E-state index contributed by atoms with van der Waals surface area (Å²) in [4.78, 5) is 27.0. The molecule has 0 amide bonds. The minimum atomic E-state index is -0.0608. The maximum Gasteiger partial charge on any atom is 0.307 e.